The molecule has 0 aromatic rings. The summed E-state index contributed by atoms with van der Waals surface area (Å²) in [6.07, 6.45) is 3.87. The molecule has 0 spiro atoms. The SMILES string of the molecule is C=C[CH2][In].C=C[CH2][In].Cl.Cl.Cl. The second kappa shape index (κ2) is 40.1. The van der Waals surface area contributed by atoms with Crippen LogP contribution < -0.4 is 0 Å². The summed E-state index contributed by atoms with van der Waals surface area (Å²) in [5, 5.41) is 0. The summed E-state index contributed by atoms with van der Waals surface area (Å²) < 4.78 is 2.43. The zero-order chi connectivity index (χ0) is 6.83. The Hall–Kier alpha value is 2.09. The van der Waals surface area contributed by atoms with E-state index in [9.17, 15) is 0 Å². The van der Waals surface area contributed by atoms with Gasteiger partial charge in [-0.3, -0.25) is 0 Å². The van der Waals surface area contributed by atoms with Crippen molar-refractivity contribution >= 4 is 86.0 Å². The Morgan fingerprint density at radius 3 is 0.909 bits per heavy atom. The van der Waals surface area contributed by atoms with Gasteiger partial charge in [0.05, 0.1) is 0 Å². The van der Waals surface area contributed by atoms with Gasteiger partial charge >= 0.3 is 82.4 Å². The maximum absolute atomic E-state index is 3.51. The summed E-state index contributed by atoms with van der Waals surface area (Å²) in [7, 11) is 0. The largest absolute Gasteiger partial charge is 0.147 e. The number of rotatable bonds is 2. The Labute approximate surface area is 118 Å². The molecule has 64 valence electrons. The fourth-order valence-corrected chi connectivity index (χ4v) is 0. The molecule has 0 aromatic heterocycles. The predicted molar refractivity (Wildman–Crippen MR) is 63.3 cm³/mol. The summed E-state index contributed by atoms with van der Waals surface area (Å²) >= 11 is 2.64. The first-order valence-corrected chi connectivity index (χ1v) is 7.11. The molecule has 0 unspecified atom stereocenters. The van der Waals surface area contributed by atoms with E-state index in [1.54, 1.807) is 0 Å². The fraction of sp³-hybridized carbons (Fsp3) is 0.333. The van der Waals surface area contributed by atoms with E-state index in [-0.39, 0.29) is 37.2 Å². The molecule has 4 radical (unpaired) electrons. The predicted octanol–water partition coefficient (Wildman–Crippen LogP) is 2.78. The minimum Gasteiger partial charge on any atom is -0.147 e. The number of hydrogen-bond donors (Lipinski definition) is 0. The first kappa shape index (κ1) is 29.2. The van der Waals surface area contributed by atoms with E-state index in [4.69, 9.17) is 0 Å². The maximum Gasteiger partial charge on any atom is -0.147 e. The molecule has 0 rings (SSSR count). The molecule has 0 amide bonds. The van der Waals surface area contributed by atoms with Crippen LogP contribution in [0.1, 0.15) is 0 Å². The van der Waals surface area contributed by atoms with Crippen LogP contribution in [0.5, 0.6) is 0 Å². The summed E-state index contributed by atoms with van der Waals surface area (Å²) in [5.41, 5.74) is 0. The van der Waals surface area contributed by atoms with Gasteiger partial charge in [0.15, 0.2) is 0 Å². The molecular formula is C6H13Cl3In2. The van der Waals surface area contributed by atoms with Crippen molar-refractivity contribution in [3.05, 3.63) is 25.3 Å². The third-order valence-electron chi connectivity index (χ3n) is 0.333. The van der Waals surface area contributed by atoms with Gasteiger partial charge < -0.3 is 0 Å². The Balaban J connectivity index is -0.0000000171. The molecule has 0 atom stereocenters. The van der Waals surface area contributed by atoms with Crippen molar-refractivity contribution in [1.29, 1.82) is 0 Å². The molecule has 0 aliphatic heterocycles. The number of allylic oxidation sites excluding steroid dienone is 2. The Bertz CT molecular complexity index is 51.8. The third kappa shape index (κ3) is 73.6. The van der Waals surface area contributed by atoms with Crippen molar-refractivity contribution in [1.82, 2.24) is 0 Å². The first-order chi connectivity index (χ1) is 3.83. The average Bonchev–Trinajstić information content (AvgIpc) is 1.88. The first-order valence-electron chi connectivity index (χ1n) is 2.45. The van der Waals surface area contributed by atoms with Crippen molar-refractivity contribution in [3.8, 4) is 0 Å². The fourth-order valence-electron chi connectivity index (χ4n) is 0. The van der Waals surface area contributed by atoms with Crippen molar-refractivity contribution in [2.75, 3.05) is 0 Å². The number of halogens is 3. The van der Waals surface area contributed by atoms with Crippen LogP contribution in [-0.2, 0) is 0 Å². The summed E-state index contributed by atoms with van der Waals surface area (Å²) in [6.45, 7) is 7.02. The summed E-state index contributed by atoms with van der Waals surface area (Å²) in [6, 6.07) is 0. The molecule has 0 saturated carbocycles. The van der Waals surface area contributed by atoms with Gasteiger partial charge in [-0.2, -0.15) is 0 Å². The molecule has 0 nitrogen and oxygen atoms in total. The van der Waals surface area contributed by atoms with Gasteiger partial charge in [-0.05, 0) is 0 Å². The second-order valence-corrected chi connectivity index (χ2v) is 3.74. The van der Waals surface area contributed by atoms with Crippen LogP contribution in [0.2, 0.25) is 8.35 Å². The van der Waals surface area contributed by atoms with Crippen LogP contribution in [0.15, 0.2) is 25.3 Å². The molecule has 0 bridgehead atoms. The smallest absolute Gasteiger partial charge is 0.147 e. The van der Waals surface area contributed by atoms with Crippen LogP contribution >= 0.6 is 37.2 Å². The summed E-state index contributed by atoms with van der Waals surface area (Å²) in [4.78, 5) is 0. The van der Waals surface area contributed by atoms with E-state index in [1.165, 1.54) is 57.1 Å². The second-order valence-electron chi connectivity index (χ2n) is 1.05. The maximum atomic E-state index is 3.51. The van der Waals surface area contributed by atoms with Gasteiger partial charge in [-0.15, -0.1) is 37.2 Å². The molecular weight excluding hydrogens is 408 g/mol. The van der Waals surface area contributed by atoms with E-state index in [0.29, 0.717) is 0 Å². The van der Waals surface area contributed by atoms with Crippen molar-refractivity contribution in [3.63, 3.8) is 0 Å². The third-order valence-corrected chi connectivity index (χ3v) is 2.24. The molecule has 0 aliphatic carbocycles. The standard InChI is InChI=1S/2C3H5.3ClH.2In/c2*1-3-2;;;;;/h2*3H,1-2H2;3*1H;;. The zero-order valence-corrected chi connectivity index (χ0v) is 15.4. The topological polar surface area (TPSA) is 0 Å². The molecule has 0 N–H and O–H groups in total. The number of hydrogen-bond acceptors (Lipinski definition) is 0. The van der Waals surface area contributed by atoms with Gasteiger partial charge in [-0.1, -0.05) is 0 Å². The van der Waals surface area contributed by atoms with Crippen LogP contribution in [-0.4, -0.2) is 48.7 Å². The molecule has 0 aromatic carbocycles. The zero-order valence-electron chi connectivity index (χ0n) is 6.36. The van der Waals surface area contributed by atoms with E-state index < -0.39 is 0 Å². The Kier molecular flexibility index (Phi) is 107. The molecule has 0 heterocycles. The quantitative estimate of drug-likeness (QED) is 0.602. The van der Waals surface area contributed by atoms with E-state index >= 15 is 0 Å². The normalized spacial score (nSPS) is 4.36. The van der Waals surface area contributed by atoms with E-state index in [0.717, 1.165) is 0 Å². The minimum absolute atomic E-state index is 0. The van der Waals surface area contributed by atoms with Crippen molar-refractivity contribution in [2.24, 2.45) is 0 Å². The van der Waals surface area contributed by atoms with Crippen LogP contribution in [0.4, 0.5) is 0 Å². The molecule has 0 fully saturated rings. The van der Waals surface area contributed by atoms with E-state index in [2.05, 4.69) is 13.2 Å². The van der Waals surface area contributed by atoms with Crippen LogP contribution in [0.25, 0.3) is 0 Å². The Morgan fingerprint density at radius 1 is 0.818 bits per heavy atom. The Morgan fingerprint density at radius 2 is 0.909 bits per heavy atom. The van der Waals surface area contributed by atoms with Crippen molar-refractivity contribution in [2.45, 2.75) is 8.35 Å². The van der Waals surface area contributed by atoms with Gasteiger partial charge in [0.25, 0.3) is 0 Å². The molecule has 0 saturated heterocycles. The van der Waals surface area contributed by atoms with Gasteiger partial charge in [0.1, 0.15) is 0 Å². The van der Waals surface area contributed by atoms with Gasteiger partial charge in [0, 0.05) is 0 Å². The monoisotopic (exact) mass is 420 g/mol. The average molecular weight is 421 g/mol. The van der Waals surface area contributed by atoms with Crippen LogP contribution in [0, 0.1) is 0 Å². The van der Waals surface area contributed by atoms with E-state index in [1.807, 2.05) is 12.2 Å². The minimum atomic E-state index is 0. The molecule has 0 aliphatic rings. The van der Waals surface area contributed by atoms with Crippen molar-refractivity contribution < 1.29 is 0 Å². The van der Waals surface area contributed by atoms with Crippen LogP contribution in [0.3, 0.4) is 0 Å². The summed E-state index contributed by atoms with van der Waals surface area (Å²) in [5.74, 6) is 0. The molecule has 11 heavy (non-hydrogen) atoms. The van der Waals surface area contributed by atoms with Gasteiger partial charge in [-0.25, -0.2) is 0 Å². The molecule has 5 heteroatoms. The van der Waals surface area contributed by atoms with Gasteiger partial charge in [0.2, 0.25) is 0 Å².